The van der Waals surface area contributed by atoms with E-state index in [9.17, 15) is 4.79 Å². The zero-order valence-electron chi connectivity index (χ0n) is 13.8. The fourth-order valence-electron chi connectivity index (χ4n) is 3.71. The standard InChI is InChI=1S/C20H21ClN2O/c1-22-11-12-23(14-15-5-2-3-8-18(15)22)19(24)20(9-10-20)16-6-4-7-17(21)13-16/h2-8,13H,9-12,14H2,1H3. The number of amides is 1. The smallest absolute Gasteiger partial charge is 0.233 e. The molecule has 1 amide bonds. The number of nitrogens with zero attached hydrogens (tertiary/aromatic N) is 2. The first-order valence-corrected chi connectivity index (χ1v) is 8.82. The molecule has 1 fully saturated rings. The molecular formula is C20H21ClN2O. The van der Waals surface area contributed by atoms with Crippen molar-refractivity contribution in [1.29, 1.82) is 0 Å². The van der Waals surface area contributed by atoms with E-state index in [2.05, 4.69) is 30.1 Å². The second-order valence-corrected chi connectivity index (χ2v) is 7.31. The van der Waals surface area contributed by atoms with Gasteiger partial charge in [-0.2, -0.15) is 0 Å². The van der Waals surface area contributed by atoms with Crippen molar-refractivity contribution in [3.8, 4) is 0 Å². The lowest BCUT2D eigenvalue weighted by Gasteiger charge is -2.26. The molecule has 2 aromatic carbocycles. The quantitative estimate of drug-likeness (QED) is 0.829. The molecule has 0 aromatic heterocycles. The van der Waals surface area contributed by atoms with Crippen molar-refractivity contribution in [2.45, 2.75) is 24.8 Å². The number of fused-ring (bicyclic) bond motifs is 1. The number of benzene rings is 2. The summed E-state index contributed by atoms with van der Waals surface area (Å²) < 4.78 is 0. The molecule has 2 aliphatic rings. The number of hydrogen-bond acceptors (Lipinski definition) is 2. The number of anilines is 1. The topological polar surface area (TPSA) is 23.6 Å². The zero-order chi connectivity index (χ0) is 16.7. The van der Waals surface area contributed by atoms with Crippen LogP contribution in [0.3, 0.4) is 0 Å². The number of carbonyl (C=O) groups excluding carboxylic acids is 1. The molecule has 3 nitrogen and oxygen atoms in total. The molecule has 0 unspecified atom stereocenters. The molecule has 4 heteroatoms. The maximum atomic E-state index is 13.3. The minimum absolute atomic E-state index is 0.245. The Kier molecular flexibility index (Phi) is 3.76. The predicted molar refractivity (Wildman–Crippen MR) is 97.5 cm³/mol. The van der Waals surface area contributed by atoms with Crippen LogP contribution in [-0.4, -0.2) is 30.9 Å². The van der Waals surface area contributed by atoms with E-state index >= 15 is 0 Å². The third-order valence-corrected chi connectivity index (χ3v) is 5.53. The highest BCUT2D eigenvalue weighted by atomic mass is 35.5. The van der Waals surface area contributed by atoms with E-state index in [1.807, 2.05) is 35.2 Å². The predicted octanol–water partition coefficient (Wildman–Crippen LogP) is 3.85. The molecule has 0 N–H and O–H groups in total. The van der Waals surface area contributed by atoms with Crippen LogP contribution in [0.15, 0.2) is 48.5 Å². The third kappa shape index (κ3) is 2.57. The first-order valence-electron chi connectivity index (χ1n) is 8.45. The van der Waals surface area contributed by atoms with Crippen molar-refractivity contribution in [1.82, 2.24) is 4.90 Å². The summed E-state index contributed by atoms with van der Waals surface area (Å²) in [5, 5.41) is 0.701. The SMILES string of the molecule is CN1CCN(C(=O)C2(c3cccc(Cl)c3)CC2)Cc2ccccc21. The van der Waals surface area contributed by atoms with E-state index < -0.39 is 0 Å². The number of likely N-dealkylation sites (N-methyl/N-ethyl adjacent to an activating group) is 1. The van der Waals surface area contributed by atoms with Gasteiger partial charge in [-0.05, 0) is 42.2 Å². The van der Waals surface area contributed by atoms with Crippen LogP contribution in [0, 0.1) is 0 Å². The molecule has 0 bridgehead atoms. The van der Waals surface area contributed by atoms with Crippen LogP contribution in [0.4, 0.5) is 5.69 Å². The number of para-hydroxylation sites is 1. The van der Waals surface area contributed by atoms with Gasteiger partial charge >= 0.3 is 0 Å². The summed E-state index contributed by atoms with van der Waals surface area (Å²) in [6.45, 7) is 2.29. The molecule has 0 atom stereocenters. The van der Waals surface area contributed by atoms with Gasteiger partial charge in [0.2, 0.25) is 5.91 Å². The van der Waals surface area contributed by atoms with Gasteiger partial charge in [0.1, 0.15) is 0 Å². The summed E-state index contributed by atoms with van der Waals surface area (Å²) in [5.74, 6) is 0.245. The number of rotatable bonds is 2. The fraction of sp³-hybridized carbons (Fsp3) is 0.350. The van der Waals surface area contributed by atoms with Crippen LogP contribution in [-0.2, 0) is 16.8 Å². The molecule has 124 valence electrons. The van der Waals surface area contributed by atoms with Crippen LogP contribution >= 0.6 is 11.6 Å². The zero-order valence-corrected chi connectivity index (χ0v) is 14.6. The maximum Gasteiger partial charge on any atom is 0.233 e. The van der Waals surface area contributed by atoms with Gasteiger partial charge in [0.05, 0.1) is 5.41 Å². The highest BCUT2D eigenvalue weighted by Crippen LogP contribution is 2.50. The van der Waals surface area contributed by atoms with Crippen LogP contribution < -0.4 is 4.90 Å². The summed E-state index contributed by atoms with van der Waals surface area (Å²) in [4.78, 5) is 17.6. The van der Waals surface area contributed by atoms with E-state index in [1.165, 1.54) is 11.3 Å². The Balaban J connectivity index is 1.63. The summed E-state index contributed by atoms with van der Waals surface area (Å²) in [6.07, 6.45) is 1.83. The van der Waals surface area contributed by atoms with Gasteiger partial charge in [0, 0.05) is 37.4 Å². The highest BCUT2D eigenvalue weighted by Gasteiger charge is 2.53. The maximum absolute atomic E-state index is 13.3. The second-order valence-electron chi connectivity index (χ2n) is 6.87. The lowest BCUT2D eigenvalue weighted by Crippen LogP contribution is -2.41. The van der Waals surface area contributed by atoms with Gasteiger partial charge in [0.15, 0.2) is 0 Å². The summed E-state index contributed by atoms with van der Waals surface area (Å²) >= 11 is 6.15. The Morgan fingerprint density at radius 2 is 1.88 bits per heavy atom. The number of hydrogen-bond donors (Lipinski definition) is 0. The van der Waals surface area contributed by atoms with Gasteiger partial charge in [-0.15, -0.1) is 0 Å². The normalized spacial score (nSPS) is 18.8. The fourth-order valence-corrected chi connectivity index (χ4v) is 3.90. The molecular weight excluding hydrogens is 320 g/mol. The molecule has 2 aromatic rings. The number of halogens is 1. The average molecular weight is 341 g/mol. The minimum atomic E-state index is -0.358. The van der Waals surface area contributed by atoms with Crippen LogP contribution in [0.1, 0.15) is 24.0 Å². The largest absolute Gasteiger partial charge is 0.373 e. The van der Waals surface area contributed by atoms with Gasteiger partial charge in [-0.3, -0.25) is 4.79 Å². The first-order chi connectivity index (χ1) is 11.6. The van der Waals surface area contributed by atoms with Crippen LogP contribution in [0.25, 0.3) is 0 Å². The van der Waals surface area contributed by atoms with Crippen molar-refractivity contribution < 1.29 is 4.79 Å². The van der Waals surface area contributed by atoms with Crippen molar-refractivity contribution in [2.75, 3.05) is 25.0 Å². The minimum Gasteiger partial charge on any atom is -0.373 e. The molecule has 0 radical (unpaired) electrons. The Labute approximate surface area is 147 Å². The summed E-state index contributed by atoms with van der Waals surface area (Å²) in [7, 11) is 2.09. The molecule has 0 spiro atoms. The number of carbonyl (C=O) groups is 1. The van der Waals surface area contributed by atoms with Crippen molar-refractivity contribution in [3.63, 3.8) is 0 Å². The van der Waals surface area contributed by atoms with Gasteiger partial charge < -0.3 is 9.80 Å². The first kappa shape index (κ1) is 15.5. The summed E-state index contributed by atoms with van der Waals surface area (Å²) in [5.41, 5.74) is 3.14. The van der Waals surface area contributed by atoms with E-state index in [0.717, 1.165) is 31.5 Å². The van der Waals surface area contributed by atoms with Gasteiger partial charge in [-0.25, -0.2) is 0 Å². The molecule has 1 saturated carbocycles. The lowest BCUT2D eigenvalue weighted by atomic mass is 9.94. The Hall–Kier alpha value is -2.00. The third-order valence-electron chi connectivity index (χ3n) is 5.29. The molecule has 4 rings (SSSR count). The van der Waals surface area contributed by atoms with Crippen LogP contribution in [0.2, 0.25) is 5.02 Å². The Morgan fingerprint density at radius 1 is 1.08 bits per heavy atom. The van der Waals surface area contributed by atoms with Crippen molar-refractivity contribution in [2.24, 2.45) is 0 Å². The highest BCUT2D eigenvalue weighted by molar-refractivity contribution is 6.30. The Morgan fingerprint density at radius 3 is 2.62 bits per heavy atom. The lowest BCUT2D eigenvalue weighted by molar-refractivity contribution is -0.134. The van der Waals surface area contributed by atoms with E-state index in [4.69, 9.17) is 11.6 Å². The monoisotopic (exact) mass is 340 g/mol. The van der Waals surface area contributed by atoms with Gasteiger partial charge in [-0.1, -0.05) is 41.9 Å². The van der Waals surface area contributed by atoms with Gasteiger partial charge in [0.25, 0.3) is 0 Å². The average Bonchev–Trinajstić information content (AvgIpc) is 3.40. The molecule has 24 heavy (non-hydrogen) atoms. The van der Waals surface area contributed by atoms with E-state index in [0.29, 0.717) is 11.6 Å². The van der Waals surface area contributed by atoms with Crippen molar-refractivity contribution in [3.05, 3.63) is 64.7 Å². The Bertz CT molecular complexity index is 785. The second kappa shape index (κ2) is 5.82. The molecule has 1 aliphatic heterocycles. The summed E-state index contributed by atoms with van der Waals surface area (Å²) in [6, 6.07) is 16.1. The molecule has 1 heterocycles. The van der Waals surface area contributed by atoms with Crippen LogP contribution in [0.5, 0.6) is 0 Å². The van der Waals surface area contributed by atoms with E-state index in [-0.39, 0.29) is 11.3 Å². The van der Waals surface area contributed by atoms with Crippen molar-refractivity contribution >= 4 is 23.2 Å². The van der Waals surface area contributed by atoms with E-state index in [1.54, 1.807) is 0 Å². The molecule has 0 saturated heterocycles. The molecule has 1 aliphatic carbocycles.